The van der Waals surface area contributed by atoms with Crippen LogP contribution in [0.25, 0.3) is 11.0 Å². The number of H-pyrrole nitrogens is 1. The van der Waals surface area contributed by atoms with Crippen LogP contribution in [0.4, 0.5) is 10.5 Å². The zero-order valence-electron chi connectivity index (χ0n) is 16.5. The van der Waals surface area contributed by atoms with E-state index in [2.05, 4.69) is 31.4 Å². The Balaban J connectivity index is 1.15. The molecule has 1 heterocycles. The van der Waals surface area contributed by atoms with Crippen LogP contribution < -0.4 is 21.7 Å². The van der Waals surface area contributed by atoms with Crippen molar-refractivity contribution in [2.24, 2.45) is 11.1 Å². The first-order valence-electron chi connectivity index (χ1n) is 10.0. The van der Waals surface area contributed by atoms with E-state index in [1.807, 2.05) is 0 Å². The third-order valence-electron chi connectivity index (χ3n) is 6.12. The van der Waals surface area contributed by atoms with Crippen LogP contribution in [0.3, 0.4) is 0 Å². The van der Waals surface area contributed by atoms with Gasteiger partial charge in [0.2, 0.25) is 0 Å². The maximum Gasteiger partial charge on any atom is 0.316 e. The highest BCUT2D eigenvalue weighted by Gasteiger charge is 2.62. The Labute approximate surface area is 177 Å². The van der Waals surface area contributed by atoms with E-state index in [1.54, 1.807) is 42.5 Å². The van der Waals surface area contributed by atoms with Gasteiger partial charge in [-0.05, 0) is 55.0 Å². The summed E-state index contributed by atoms with van der Waals surface area (Å²) in [6.45, 7) is 0. The van der Waals surface area contributed by atoms with Crippen molar-refractivity contribution in [1.29, 1.82) is 0 Å². The number of carbonyl (C=O) groups is 3. The molecule has 1 aromatic heterocycles. The highest BCUT2D eigenvalue weighted by atomic mass is 16.2. The van der Waals surface area contributed by atoms with Crippen molar-refractivity contribution in [1.82, 2.24) is 26.0 Å². The predicted octanol–water partition coefficient (Wildman–Crippen LogP) is 1.53. The highest BCUT2D eigenvalue weighted by molar-refractivity contribution is 6.04. The number of fused-ring (bicyclic) bond motifs is 1. The fraction of sp³-hybridized carbons (Fsp3) is 0.286. The predicted molar refractivity (Wildman–Crippen MR) is 112 cm³/mol. The number of nitrogens with two attached hydrogens (primary N) is 1. The molecular formula is C21H21N7O3. The average Bonchev–Trinajstić information content (AvgIpc) is 3.19. The number of amides is 4. The number of carbonyl (C=O) groups excluding carboxylic acids is 3. The van der Waals surface area contributed by atoms with Crippen LogP contribution in [0.5, 0.6) is 0 Å². The van der Waals surface area contributed by atoms with E-state index in [9.17, 15) is 14.4 Å². The van der Waals surface area contributed by atoms with Gasteiger partial charge in [0.25, 0.3) is 11.8 Å². The molecule has 1 unspecified atom stereocenters. The maximum atomic E-state index is 12.6. The number of nitrogens with zero attached hydrogens (tertiary/aromatic N) is 2. The molecule has 158 valence electrons. The summed E-state index contributed by atoms with van der Waals surface area (Å²) < 4.78 is 0. The molecule has 6 N–H and O–H groups in total. The third-order valence-corrected chi connectivity index (χ3v) is 6.12. The number of primary amides is 1. The van der Waals surface area contributed by atoms with Gasteiger partial charge in [0.15, 0.2) is 0 Å². The molecule has 0 radical (unpaired) electrons. The number of hydrogen-bond acceptors (Lipinski definition) is 5. The fourth-order valence-electron chi connectivity index (χ4n) is 4.46. The van der Waals surface area contributed by atoms with Crippen LogP contribution in [0, 0.1) is 5.41 Å². The van der Waals surface area contributed by atoms with Crippen LogP contribution in [0.1, 0.15) is 40.0 Å². The van der Waals surface area contributed by atoms with Gasteiger partial charge < -0.3 is 21.7 Å². The van der Waals surface area contributed by atoms with Crippen molar-refractivity contribution in [3.63, 3.8) is 0 Å². The van der Waals surface area contributed by atoms with Crippen molar-refractivity contribution in [2.45, 2.75) is 31.3 Å². The van der Waals surface area contributed by atoms with E-state index in [0.29, 0.717) is 27.8 Å². The van der Waals surface area contributed by atoms with Crippen molar-refractivity contribution in [2.75, 3.05) is 5.32 Å². The second-order valence-corrected chi connectivity index (χ2v) is 8.24. The number of urea groups is 1. The molecule has 2 saturated carbocycles. The summed E-state index contributed by atoms with van der Waals surface area (Å²) in [4.78, 5) is 36.2. The minimum absolute atomic E-state index is 0.0522. The number of rotatable bonds is 5. The largest absolute Gasteiger partial charge is 0.351 e. The fourth-order valence-corrected chi connectivity index (χ4v) is 4.46. The molecule has 0 bridgehead atoms. The molecule has 1 spiro atoms. The summed E-state index contributed by atoms with van der Waals surface area (Å²) in [7, 11) is 0. The number of anilines is 1. The molecule has 0 aliphatic heterocycles. The molecule has 2 aromatic carbocycles. The van der Waals surface area contributed by atoms with Gasteiger partial charge in [0.05, 0.1) is 5.56 Å². The monoisotopic (exact) mass is 419 g/mol. The molecule has 5 rings (SSSR count). The standard InChI is InChI=1S/C21H21N7O3/c22-20(31)24-12-4-1-3-11(7-12)18(29)25-16-10-21(16)8-13(9-21)23-19(30)14-5-2-6-15-17(14)27-28-26-15/h1-7,13,16H,8-10H2,(H,23,30)(H,25,29)(H3,22,24,31)(H,26,27,28). The lowest BCUT2D eigenvalue weighted by Gasteiger charge is -2.37. The van der Waals surface area contributed by atoms with Crippen molar-refractivity contribution < 1.29 is 14.4 Å². The molecule has 3 aromatic rings. The van der Waals surface area contributed by atoms with Crippen LogP contribution in [0.15, 0.2) is 42.5 Å². The number of para-hydroxylation sites is 1. The van der Waals surface area contributed by atoms with Gasteiger partial charge in [-0.25, -0.2) is 4.79 Å². The Kier molecular flexibility index (Phi) is 4.35. The summed E-state index contributed by atoms with van der Waals surface area (Å²) in [5, 5.41) is 19.2. The molecule has 10 heteroatoms. The average molecular weight is 419 g/mol. The lowest BCUT2D eigenvalue weighted by Crippen LogP contribution is -2.48. The van der Waals surface area contributed by atoms with Crippen molar-refractivity contribution in [3.8, 4) is 0 Å². The molecular weight excluding hydrogens is 398 g/mol. The minimum Gasteiger partial charge on any atom is -0.351 e. The number of nitrogens with one attached hydrogen (secondary N) is 4. The third kappa shape index (κ3) is 3.56. The molecule has 2 aliphatic rings. The number of benzene rings is 2. The topological polar surface area (TPSA) is 155 Å². The normalized spacial score (nSPS) is 23.7. The summed E-state index contributed by atoms with van der Waals surface area (Å²) in [5.41, 5.74) is 7.80. The SMILES string of the molecule is NC(=O)Nc1cccc(C(=O)NC2CC23CC(NC(=O)c2cccc4n[nH]nc24)C3)c1. The van der Waals surface area contributed by atoms with Gasteiger partial charge in [-0.1, -0.05) is 12.1 Å². The molecule has 10 nitrogen and oxygen atoms in total. The number of aromatic nitrogens is 3. The van der Waals surface area contributed by atoms with Gasteiger partial charge in [-0.15, -0.1) is 0 Å². The van der Waals surface area contributed by atoms with Gasteiger partial charge in [-0.3, -0.25) is 9.59 Å². The molecule has 2 aliphatic carbocycles. The molecule has 4 amide bonds. The Morgan fingerprint density at radius 2 is 1.81 bits per heavy atom. The number of hydrogen-bond donors (Lipinski definition) is 5. The van der Waals surface area contributed by atoms with Gasteiger partial charge in [0, 0.05) is 23.3 Å². The summed E-state index contributed by atoms with van der Waals surface area (Å²) in [6, 6.07) is 11.4. The summed E-state index contributed by atoms with van der Waals surface area (Å²) in [5.74, 6) is -0.362. The van der Waals surface area contributed by atoms with E-state index in [1.165, 1.54) is 0 Å². The molecule has 31 heavy (non-hydrogen) atoms. The van der Waals surface area contributed by atoms with Crippen LogP contribution in [0.2, 0.25) is 0 Å². The molecule has 1 atom stereocenters. The van der Waals surface area contributed by atoms with Gasteiger partial charge >= 0.3 is 6.03 Å². The van der Waals surface area contributed by atoms with Crippen LogP contribution in [-0.4, -0.2) is 45.3 Å². The smallest absolute Gasteiger partial charge is 0.316 e. The van der Waals surface area contributed by atoms with Crippen molar-refractivity contribution in [3.05, 3.63) is 53.6 Å². The molecule has 0 saturated heterocycles. The Bertz CT molecular complexity index is 1200. The lowest BCUT2D eigenvalue weighted by atomic mass is 9.76. The zero-order valence-corrected chi connectivity index (χ0v) is 16.5. The maximum absolute atomic E-state index is 12.6. The van der Waals surface area contributed by atoms with Gasteiger partial charge in [0.1, 0.15) is 11.0 Å². The minimum atomic E-state index is -0.680. The summed E-state index contributed by atoms with van der Waals surface area (Å²) >= 11 is 0. The quantitative estimate of drug-likeness (QED) is 0.424. The van der Waals surface area contributed by atoms with Crippen LogP contribution in [-0.2, 0) is 0 Å². The first-order chi connectivity index (χ1) is 14.9. The first kappa shape index (κ1) is 19.0. The molecule has 2 fully saturated rings. The van der Waals surface area contributed by atoms with Crippen LogP contribution >= 0.6 is 0 Å². The van der Waals surface area contributed by atoms with E-state index in [-0.39, 0.29) is 29.3 Å². The Morgan fingerprint density at radius 3 is 2.61 bits per heavy atom. The van der Waals surface area contributed by atoms with Crippen molar-refractivity contribution >= 4 is 34.6 Å². The highest BCUT2D eigenvalue weighted by Crippen LogP contribution is 2.60. The second kappa shape index (κ2) is 7.08. The van der Waals surface area contributed by atoms with E-state index in [4.69, 9.17) is 5.73 Å². The Hall–Kier alpha value is -3.95. The number of aromatic amines is 1. The summed E-state index contributed by atoms with van der Waals surface area (Å²) in [6.07, 6.45) is 2.53. The van der Waals surface area contributed by atoms with E-state index >= 15 is 0 Å². The zero-order chi connectivity index (χ0) is 21.6. The lowest BCUT2D eigenvalue weighted by molar-refractivity contribution is 0.0850. The Morgan fingerprint density at radius 1 is 1.00 bits per heavy atom. The second-order valence-electron chi connectivity index (χ2n) is 8.24. The van der Waals surface area contributed by atoms with E-state index in [0.717, 1.165) is 19.3 Å². The van der Waals surface area contributed by atoms with Gasteiger partial charge in [-0.2, -0.15) is 15.4 Å². The van der Waals surface area contributed by atoms with E-state index < -0.39 is 6.03 Å². The first-order valence-corrected chi connectivity index (χ1v) is 10.0.